The third-order valence-corrected chi connectivity index (χ3v) is 2.30. The molecular weight excluding hydrogens is 184 g/mol. The van der Waals surface area contributed by atoms with Crippen LogP contribution in [0.5, 0.6) is 0 Å². The molecular formula is C14H16O. The highest BCUT2D eigenvalue weighted by atomic mass is 16.3. The monoisotopic (exact) mass is 200 g/mol. The summed E-state index contributed by atoms with van der Waals surface area (Å²) >= 11 is 0. The first kappa shape index (κ1) is 11.6. The van der Waals surface area contributed by atoms with Crippen molar-refractivity contribution in [2.24, 2.45) is 5.92 Å². The first-order valence-corrected chi connectivity index (χ1v) is 5.08. The number of rotatable bonds is 3. The zero-order valence-electron chi connectivity index (χ0n) is 8.98. The second-order valence-electron chi connectivity index (χ2n) is 3.53. The lowest BCUT2D eigenvalue weighted by atomic mass is 10.0. The van der Waals surface area contributed by atoms with Gasteiger partial charge in [0.15, 0.2) is 0 Å². The summed E-state index contributed by atoms with van der Waals surface area (Å²) in [5.74, 6) is 6.07. The molecule has 0 radical (unpaired) electrons. The van der Waals surface area contributed by atoms with Crippen molar-refractivity contribution in [3.05, 3.63) is 48.6 Å². The lowest BCUT2D eigenvalue weighted by molar-refractivity contribution is 0.143. The van der Waals surface area contributed by atoms with Gasteiger partial charge in [-0.25, -0.2) is 0 Å². The van der Waals surface area contributed by atoms with Crippen LogP contribution < -0.4 is 0 Å². The first-order chi connectivity index (χ1) is 7.24. The van der Waals surface area contributed by atoms with E-state index in [0.29, 0.717) is 6.42 Å². The third kappa shape index (κ3) is 4.01. The van der Waals surface area contributed by atoms with Crippen molar-refractivity contribution in [3.63, 3.8) is 0 Å². The number of benzene rings is 1. The molecule has 2 atom stereocenters. The maximum atomic E-state index is 9.62. The van der Waals surface area contributed by atoms with Crippen LogP contribution in [-0.2, 0) is 0 Å². The molecule has 1 rings (SSSR count). The van der Waals surface area contributed by atoms with Crippen molar-refractivity contribution in [1.82, 2.24) is 0 Å². The molecule has 0 bridgehead atoms. The molecule has 0 fully saturated rings. The van der Waals surface area contributed by atoms with Gasteiger partial charge in [-0.05, 0) is 12.1 Å². The lowest BCUT2D eigenvalue weighted by Gasteiger charge is -2.10. The molecule has 0 aromatic heterocycles. The molecule has 1 heteroatoms. The fourth-order valence-corrected chi connectivity index (χ4v) is 1.12. The van der Waals surface area contributed by atoms with Crippen molar-refractivity contribution < 1.29 is 5.11 Å². The fourth-order valence-electron chi connectivity index (χ4n) is 1.12. The van der Waals surface area contributed by atoms with Gasteiger partial charge in [0.25, 0.3) is 0 Å². The zero-order valence-corrected chi connectivity index (χ0v) is 8.98. The summed E-state index contributed by atoms with van der Waals surface area (Å²) in [5.41, 5.74) is 0.982. The van der Waals surface area contributed by atoms with E-state index in [-0.39, 0.29) is 5.92 Å². The fraction of sp³-hybridized carbons (Fsp3) is 0.286. The number of hydrogen-bond acceptors (Lipinski definition) is 1. The van der Waals surface area contributed by atoms with Gasteiger partial charge in [-0.2, -0.15) is 0 Å². The van der Waals surface area contributed by atoms with Crippen LogP contribution >= 0.6 is 0 Å². The molecule has 1 aromatic rings. The predicted molar refractivity (Wildman–Crippen MR) is 63.3 cm³/mol. The summed E-state index contributed by atoms with van der Waals surface area (Å²) in [6, 6.07) is 9.77. The van der Waals surface area contributed by atoms with Gasteiger partial charge in [0.1, 0.15) is 0 Å². The topological polar surface area (TPSA) is 20.2 Å². The Morgan fingerprint density at radius 3 is 2.67 bits per heavy atom. The van der Waals surface area contributed by atoms with Crippen LogP contribution in [0.25, 0.3) is 0 Å². The normalized spacial score (nSPS) is 13.5. The highest BCUT2D eigenvalue weighted by Crippen LogP contribution is 2.06. The first-order valence-electron chi connectivity index (χ1n) is 5.08. The van der Waals surface area contributed by atoms with E-state index in [9.17, 15) is 5.11 Å². The van der Waals surface area contributed by atoms with E-state index < -0.39 is 6.10 Å². The van der Waals surface area contributed by atoms with Crippen LogP contribution in [0.4, 0.5) is 0 Å². The molecule has 0 amide bonds. The third-order valence-electron chi connectivity index (χ3n) is 2.30. The summed E-state index contributed by atoms with van der Waals surface area (Å²) < 4.78 is 0. The van der Waals surface area contributed by atoms with Crippen molar-refractivity contribution in [1.29, 1.82) is 0 Å². The highest BCUT2D eigenvalue weighted by Gasteiger charge is 2.07. The van der Waals surface area contributed by atoms with Gasteiger partial charge in [-0.1, -0.05) is 43.0 Å². The van der Waals surface area contributed by atoms with E-state index in [1.165, 1.54) is 0 Å². The van der Waals surface area contributed by atoms with Crippen LogP contribution in [0, 0.1) is 17.8 Å². The molecule has 15 heavy (non-hydrogen) atoms. The molecule has 0 unspecified atom stereocenters. The second kappa shape index (κ2) is 6.06. The largest absolute Gasteiger partial charge is 0.392 e. The summed E-state index contributed by atoms with van der Waals surface area (Å²) in [5, 5.41) is 9.62. The van der Waals surface area contributed by atoms with Gasteiger partial charge < -0.3 is 5.11 Å². The van der Waals surface area contributed by atoms with Crippen molar-refractivity contribution in [2.75, 3.05) is 0 Å². The average molecular weight is 200 g/mol. The molecule has 0 spiro atoms. The van der Waals surface area contributed by atoms with Crippen LogP contribution in [0.15, 0.2) is 43.0 Å². The average Bonchev–Trinajstić information content (AvgIpc) is 2.29. The van der Waals surface area contributed by atoms with Crippen molar-refractivity contribution in [2.45, 2.75) is 19.4 Å². The van der Waals surface area contributed by atoms with E-state index in [0.717, 1.165) is 5.56 Å². The van der Waals surface area contributed by atoms with Crippen molar-refractivity contribution in [3.8, 4) is 11.8 Å². The Morgan fingerprint density at radius 2 is 2.07 bits per heavy atom. The molecule has 78 valence electrons. The molecule has 0 aliphatic heterocycles. The minimum Gasteiger partial charge on any atom is -0.392 e. The molecule has 0 aliphatic carbocycles. The van der Waals surface area contributed by atoms with Gasteiger partial charge in [0, 0.05) is 17.9 Å². The second-order valence-corrected chi connectivity index (χ2v) is 3.53. The Balaban J connectivity index is 2.50. The quantitative estimate of drug-likeness (QED) is 0.587. The smallest absolute Gasteiger partial charge is 0.0709 e. The Morgan fingerprint density at radius 1 is 1.40 bits per heavy atom. The van der Waals surface area contributed by atoms with Gasteiger partial charge >= 0.3 is 0 Å². The van der Waals surface area contributed by atoms with Crippen molar-refractivity contribution >= 4 is 0 Å². The van der Waals surface area contributed by atoms with Gasteiger partial charge in [-0.3, -0.25) is 0 Å². The van der Waals surface area contributed by atoms with Crippen LogP contribution in [-0.4, -0.2) is 11.2 Å². The van der Waals surface area contributed by atoms with E-state index >= 15 is 0 Å². The summed E-state index contributed by atoms with van der Waals surface area (Å²) in [7, 11) is 0. The molecule has 0 saturated carbocycles. The molecule has 0 heterocycles. The maximum absolute atomic E-state index is 9.62. The minimum atomic E-state index is -0.418. The van der Waals surface area contributed by atoms with E-state index in [2.05, 4.69) is 18.4 Å². The van der Waals surface area contributed by atoms with E-state index in [4.69, 9.17) is 0 Å². The predicted octanol–water partition coefficient (Wildman–Crippen LogP) is 2.61. The SMILES string of the molecule is C=C[C@@H](C)[C@@H](O)CC#Cc1ccccc1. The Bertz CT molecular complexity index is 356. The molecule has 0 saturated heterocycles. The molecule has 1 N–H and O–H groups in total. The van der Waals surface area contributed by atoms with Crippen LogP contribution in [0.3, 0.4) is 0 Å². The Labute approximate surface area is 91.5 Å². The van der Waals surface area contributed by atoms with Crippen LogP contribution in [0.1, 0.15) is 18.9 Å². The molecule has 1 aromatic carbocycles. The number of aliphatic hydroxyl groups is 1. The Hall–Kier alpha value is -1.52. The number of hydrogen-bond donors (Lipinski definition) is 1. The standard InChI is InChI=1S/C14H16O/c1-3-12(2)14(15)11-7-10-13-8-5-4-6-9-13/h3-6,8-9,12,14-15H,1,11H2,2H3/t12-,14+/m1/s1. The summed E-state index contributed by atoms with van der Waals surface area (Å²) in [6.45, 7) is 5.57. The highest BCUT2D eigenvalue weighted by molar-refractivity contribution is 5.33. The van der Waals surface area contributed by atoms with E-state index in [1.807, 2.05) is 37.3 Å². The molecule has 1 nitrogen and oxygen atoms in total. The van der Waals surface area contributed by atoms with Gasteiger partial charge in [-0.15, -0.1) is 6.58 Å². The summed E-state index contributed by atoms with van der Waals surface area (Å²) in [4.78, 5) is 0. The molecule has 0 aliphatic rings. The van der Waals surface area contributed by atoms with Gasteiger partial charge in [0.05, 0.1) is 6.10 Å². The maximum Gasteiger partial charge on any atom is 0.0709 e. The Kier molecular flexibility index (Phi) is 4.66. The van der Waals surface area contributed by atoms with Gasteiger partial charge in [0.2, 0.25) is 0 Å². The van der Waals surface area contributed by atoms with Crippen LogP contribution in [0.2, 0.25) is 0 Å². The lowest BCUT2D eigenvalue weighted by Crippen LogP contribution is -2.14. The minimum absolute atomic E-state index is 0.0927. The number of aliphatic hydroxyl groups excluding tert-OH is 1. The summed E-state index contributed by atoms with van der Waals surface area (Å²) in [6.07, 6.45) is 1.82. The zero-order chi connectivity index (χ0) is 11.1. The van der Waals surface area contributed by atoms with E-state index in [1.54, 1.807) is 6.08 Å².